The molecule has 3 atom stereocenters. The molecule has 2 heterocycles. The van der Waals surface area contributed by atoms with Gasteiger partial charge in [-0.15, -0.1) is 0 Å². The molecule has 1 aromatic rings. The van der Waals surface area contributed by atoms with Crippen LogP contribution in [0, 0.1) is 11.7 Å². The van der Waals surface area contributed by atoms with Gasteiger partial charge in [-0.1, -0.05) is 17.7 Å². The molecule has 0 amide bonds. The second-order valence-electron chi connectivity index (χ2n) is 6.49. The second-order valence-corrected chi connectivity index (χ2v) is 6.90. The van der Waals surface area contributed by atoms with Crippen LogP contribution >= 0.6 is 11.6 Å². The number of rotatable bonds is 4. The number of nitrogens with one attached hydrogen (secondary N) is 1. The van der Waals surface area contributed by atoms with E-state index in [1.807, 2.05) is 0 Å². The zero-order valence-corrected chi connectivity index (χ0v) is 13.1. The fourth-order valence-electron chi connectivity index (χ4n) is 4.07. The minimum Gasteiger partial charge on any atom is -0.300 e. The molecule has 2 fully saturated rings. The summed E-state index contributed by atoms with van der Waals surface area (Å²) in [6.45, 7) is 0. The van der Waals surface area contributed by atoms with E-state index in [-0.39, 0.29) is 11.9 Å². The molecule has 0 saturated carbocycles. The summed E-state index contributed by atoms with van der Waals surface area (Å²) < 4.78 is 13.1. The Morgan fingerprint density at radius 2 is 2.05 bits per heavy atom. The maximum absolute atomic E-state index is 13.1. The third-order valence-electron chi connectivity index (χ3n) is 5.37. The lowest BCUT2D eigenvalue weighted by Gasteiger charge is -2.39. The summed E-state index contributed by atoms with van der Waals surface area (Å²) in [7, 11) is 2.24. The van der Waals surface area contributed by atoms with Gasteiger partial charge in [0.05, 0.1) is 0 Å². The highest BCUT2D eigenvalue weighted by molar-refractivity contribution is 6.31. The first-order valence-corrected chi connectivity index (χ1v) is 8.08. The molecule has 2 aliphatic rings. The van der Waals surface area contributed by atoms with E-state index in [0.717, 1.165) is 12.0 Å². The van der Waals surface area contributed by atoms with Crippen molar-refractivity contribution >= 4 is 11.6 Å². The van der Waals surface area contributed by atoms with Crippen LogP contribution in [0.4, 0.5) is 4.39 Å². The molecule has 1 aromatic carbocycles. The van der Waals surface area contributed by atoms with Crippen molar-refractivity contribution in [3.63, 3.8) is 0 Å². The molecule has 0 aliphatic carbocycles. The van der Waals surface area contributed by atoms with Crippen LogP contribution < -0.4 is 11.3 Å². The minimum atomic E-state index is -0.293. The monoisotopic (exact) mass is 311 g/mol. The number of nitrogens with zero attached hydrogens (tertiary/aromatic N) is 1. The SMILES string of the molecule is CN1C2CCC1CC(C(Cc1ccc(F)cc1Cl)NN)C2. The summed E-state index contributed by atoms with van der Waals surface area (Å²) in [6.07, 6.45) is 5.71. The predicted molar refractivity (Wildman–Crippen MR) is 83.5 cm³/mol. The zero-order chi connectivity index (χ0) is 15.0. The fourth-order valence-corrected chi connectivity index (χ4v) is 4.31. The van der Waals surface area contributed by atoms with Crippen molar-refractivity contribution in [2.45, 2.75) is 50.2 Å². The molecule has 3 N–H and O–H groups in total. The van der Waals surface area contributed by atoms with E-state index in [1.165, 1.54) is 37.8 Å². The first-order valence-electron chi connectivity index (χ1n) is 7.70. The third kappa shape index (κ3) is 3.09. The van der Waals surface area contributed by atoms with Crippen molar-refractivity contribution in [2.75, 3.05) is 7.05 Å². The summed E-state index contributed by atoms with van der Waals surface area (Å²) in [5.41, 5.74) is 3.94. The van der Waals surface area contributed by atoms with Gasteiger partial charge in [-0.25, -0.2) is 4.39 Å². The van der Waals surface area contributed by atoms with Gasteiger partial charge in [0, 0.05) is 23.1 Å². The van der Waals surface area contributed by atoms with Gasteiger partial charge in [0.15, 0.2) is 0 Å². The highest BCUT2D eigenvalue weighted by Crippen LogP contribution is 2.39. The van der Waals surface area contributed by atoms with Crippen molar-refractivity contribution in [3.05, 3.63) is 34.6 Å². The Bertz CT molecular complexity index is 496. The average Bonchev–Trinajstić information content (AvgIpc) is 2.68. The highest BCUT2D eigenvalue weighted by Gasteiger charge is 2.40. The molecule has 0 spiro atoms. The maximum atomic E-state index is 13.1. The van der Waals surface area contributed by atoms with Gasteiger partial charge in [-0.2, -0.15) is 0 Å². The second kappa shape index (κ2) is 6.21. The molecule has 3 unspecified atom stereocenters. The van der Waals surface area contributed by atoms with E-state index in [4.69, 9.17) is 17.4 Å². The van der Waals surface area contributed by atoms with Crippen LogP contribution in [0.2, 0.25) is 5.02 Å². The molecule has 3 nitrogen and oxygen atoms in total. The lowest BCUT2D eigenvalue weighted by Crippen LogP contribution is -2.49. The molecular formula is C16H23ClFN3. The van der Waals surface area contributed by atoms with E-state index < -0.39 is 0 Å². The van der Waals surface area contributed by atoms with Crippen molar-refractivity contribution < 1.29 is 4.39 Å². The normalized spacial score (nSPS) is 30.6. The molecule has 3 rings (SSSR count). The van der Waals surface area contributed by atoms with Crippen molar-refractivity contribution in [2.24, 2.45) is 11.8 Å². The Balaban J connectivity index is 1.71. The third-order valence-corrected chi connectivity index (χ3v) is 5.72. The van der Waals surface area contributed by atoms with Gasteiger partial charge < -0.3 is 4.90 Å². The number of hydrogen-bond donors (Lipinski definition) is 2. The number of hydrogen-bond acceptors (Lipinski definition) is 3. The van der Waals surface area contributed by atoms with Crippen LogP contribution in [0.25, 0.3) is 0 Å². The lowest BCUT2D eigenvalue weighted by molar-refractivity contribution is 0.112. The van der Waals surface area contributed by atoms with Crippen molar-refractivity contribution in [1.82, 2.24) is 10.3 Å². The molecule has 0 radical (unpaired) electrons. The van der Waals surface area contributed by atoms with Crippen LogP contribution in [0.15, 0.2) is 18.2 Å². The first kappa shape index (κ1) is 15.2. The minimum absolute atomic E-state index is 0.199. The standard InChI is InChI=1S/C16H23ClFN3/c1-21-13-4-5-14(21)7-11(6-13)16(20-19)8-10-2-3-12(18)9-15(10)17/h2-3,9,11,13-14,16,20H,4-8,19H2,1H3. The van der Waals surface area contributed by atoms with Crippen LogP contribution in [0.3, 0.4) is 0 Å². The van der Waals surface area contributed by atoms with Crippen LogP contribution in [-0.2, 0) is 6.42 Å². The zero-order valence-electron chi connectivity index (χ0n) is 12.4. The van der Waals surface area contributed by atoms with E-state index in [0.29, 0.717) is 23.0 Å². The van der Waals surface area contributed by atoms with Gasteiger partial charge in [0.1, 0.15) is 5.82 Å². The molecule has 21 heavy (non-hydrogen) atoms. The Labute approximate surface area is 130 Å². The quantitative estimate of drug-likeness (QED) is 0.663. The van der Waals surface area contributed by atoms with E-state index in [2.05, 4.69) is 17.4 Å². The number of halogens is 2. The number of nitrogens with two attached hydrogens (primary N) is 1. The molecule has 2 saturated heterocycles. The van der Waals surface area contributed by atoms with E-state index in [9.17, 15) is 4.39 Å². The smallest absolute Gasteiger partial charge is 0.124 e. The largest absolute Gasteiger partial charge is 0.300 e. The lowest BCUT2D eigenvalue weighted by atomic mass is 9.83. The number of fused-ring (bicyclic) bond motifs is 2. The van der Waals surface area contributed by atoms with Crippen molar-refractivity contribution in [1.29, 1.82) is 0 Å². The molecule has 2 aliphatic heterocycles. The van der Waals surface area contributed by atoms with Gasteiger partial charge >= 0.3 is 0 Å². The molecule has 5 heteroatoms. The Kier molecular flexibility index (Phi) is 4.50. The molecule has 116 valence electrons. The van der Waals surface area contributed by atoms with Crippen LogP contribution in [0.1, 0.15) is 31.2 Å². The van der Waals surface area contributed by atoms with Gasteiger partial charge in [0.25, 0.3) is 0 Å². The van der Waals surface area contributed by atoms with E-state index >= 15 is 0 Å². The molecule has 0 aromatic heterocycles. The summed E-state index contributed by atoms with van der Waals surface area (Å²) in [5.74, 6) is 6.06. The summed E-state index contributed by atoms with van der Waals surface area (Å²) in [6, 6.07) is 6.19. The van der Waals surface area contributed by atoms with Gasteiger partial charge in [0.2, 0.25) is 0 Å². The topological polar surface area (TPSA) is 41.3 Å². The molecular weight excluding hydrogens is 289 g/mol. The summed E-state index contributed by atoms with van der Waals surface area (Å²) in [5, 5.41) is 0.492. The maximum Gasteiger partial charge on any atom is 0.124 e. The fraction of sp³-hybridized carbons (Fsp3) is 0.625. The number of hydrazine groups is 1. The highest BCUT2D eigenvalue weighted by atomic mass is 35.5. The van der Waals surface area contributed by atoms with Crippen molar-refractivity contribution in [3.8, 4) is 0 Å². The summed E-state index contributed by atoms with van der Waals surface area (Å²) in [4.78, 5) is 2.52. The molecule has 2 bridgehead atoms. The Hall–Kier alpha value is -0.680. The predicted octanol–water partition coefficient (Wildman–Crippen LogP) is 2.73. The van der Waals surface area contributed by atoms with Gasteiger partial charge in [-0.05, 0) is 62.8 Å². The Morgan fingerprint density at radius 3 is 2.62 bits per heavy atom. The first-order chi connectivity index (χ1) is 10.1. The summed E-state index contributed by atoms with van der Waals surface area (Å²) >= 11 is 6.15. The van der Waals surface area contributed by atoms with Gasteiger partial charge in [-0.3, -0.25) is 11.3 Å². The Morgan fingerprint density at radius 1 is 1.38 bits per heavy atom. The number of benzene rings is 1. The number of piperidine rings is 1. The van der Waals surface area contributed by atoms with Crippen LogP contribution in [0.5, 0.6) is 0 Å². The van der Waals surface area contributed by atoms with E-state index in [1.54, 1.807) is 6.07 Å². The van der Waals surface area contributed by atoms with Crippen LogP contribution in [-0.4, -0.2) is 30.1 Å². The average molecular weight is 312 g/mol.